The summed E-state index contributed by atoms with van der Waals surface area (Å²) in [4.78, 5) is 27.9. The highest BCUT2D eigenvalue weighted by Gasteiger charge is 2.04. The van der Waals surface area contributed by atoms with Crippen LogP contribution in [-0.4, -0.2) is 22.4 Å². The summed E-state index contributed by atoms with van der Waals surface area (Å²) in [5.41, 5.74) is -0.174. The molecule has 72 valence electrons. The predicted molar refractivity (Wildman–Crippen MR) is 50.6 cm³/mol. The van der Waals surface area contributed by atoms with Gasteiger partial charge in [-0.15, -0.1) is 12.3 Å². The number of carbonyl (C=O) groups is 1. The molecule has 0 aromatic carbocycles. The standard InChI is InChI=1S/C9H9N3O2/c1-2-3-4-10-9(14)7-5-12-8(13)6-11-7/h1,5-6H,3-4H2,(H,10,14)(H,12,13). The number of aromatic amines is 1. The highest BCUT2D eigenvalue weighted by molar-refractivity contribution is 5.91. The van der Waals surface area contributed by atoms with Crippen LogP contribution >= 0.6 is 0 Å². The highest BCUT2D eigenvalue weighted by Crippen LogP contribution is 1.87. The van der Waals surface area contributed by atoms with Gasteiger partial charge in [0.25, 0.3) is 11.5 Å². The summed E-state index contributed by atoms with van der Waals surface area (Å²) in [7, 11) is 0. The van der Waals surface area contributed by atoms with E-state index < -0.39 is 0 Å². The summed E-state index contributed by atoms with van der Waals surface area (Å²) in [6.07, 6.45) is 7.79. The van der Waals surface area contributed by atoms with Crippen molar-refractivity contribution >= 4 is 5.91 Å². The number of terminal acetylenes is 1. The van der Waals surface area contributed by atoms with Gasteiger partial charge in [-0.1, -0.05) is 0 Å². The first-order chi connectivity index (χ1) is 6.74. The van der Waals surface area contributed by atoms with E-state index in [0.717, 1.165) is 6.20 Å². The van der Waals surface area contributed by atoms with E-state index in [0.29, 0.717) is 13.0 Å². The topological polar surface area (TPSA) is 74.8 Å². The van der Waals surface area contributed by atoms with Crippen LogP contribution in [0.4, 0.5) is 0 Å². The molecule has 2 N–H and O–H groups in total. The smallest absolute Gasteiger partial charge is 0.271 e. The number of H-pyrrole nitrogens is 1. The predicted octanol–water partition coefficient (Wildman–Crippen LogP) is -0.477. The number of nitrogens with one attached hydrogen (secondary N) is 2. The van der Waals surface area contributed by atoms with Crippen LogP contribution in [0.5, 0.6) is 0 Å². The lowest BCUT2D eigenvalue weighted by molar-refractivity contribution is 0.0949. The lowest BCUT2D eigenvalue weighted by Gasteiger charge is -2.00. The third kappa shape index (κ3) is 2.75. The first-order valence-corrected chi connectivity index (χ1v) is 4.00. The van der Waals surface area contributed by atoms with Gasteiger partial charge in [-0.3, -0.25) is 9.59 Å². The van der Waals surface area contributed by atoms with Crippen molar-refractivity contribution in [1.82, 2.24) is 15.3 Å². The highest BCUT2D eigenvalue weighted by atomic mass is 16.2. The van der Waals surface area contributed by atoms with E-state index in [4.69, 9.17) is 6.42 Å². The molecule has 0 radical (unpaired) electrons. The molecule has 14 heavy (non-hydrogen) atoms. The largest absolute Gasteiger partial charge is 0.350 e. The molecule has 0 aliphatic rings. The number of aromatic nitrogens is 2. The zero-order chi connectivity index (χ0) is 10.4. The van der Waals surface area contributed by atoms with Crippen molar-refractivity contribution < 1.29 is 4.79 Å². The van der Waals surface area contributed by atoms with Gasteiger partial charge in [-0.25, -0.2) is 4.98 Å². The van der Waals surface area contributed by atoms with Gasteiger partial charge in [-0.2, -0.15) is 0 Å². The second-order valence-corrected chi connectivity index (χ2v) is 2.51. The molecule has 0 atom stereocenters. The maximum absolute atomic E-state index is 11.3. The number of amides is 1. The second-order valence-electron chi connectivity index (χ2n) is 2.51. The maximum atomic E-state index is 11.3. The molecule has 1 amide bonds. The zero-order valence-corrected chi connectivity index (χ0v) is 7.41. The van der Waals surface area contributed by atoms with Gasteiger partial charge in [0, 0.05) is 19.2 Å². The molecular formula is C9H9N3O2. The van der Waals surface area contributed by atoms with Crippen molar-refractivity contribution in [2.75, 3.05) is 6.54 Å². The Kier molecular flexibility index (Phi) is 3.44. The number of nitrogens with zero attached hydrogens (tertiary/aromatic N) is 1. The average Bonchev–Trinajstić information content (AvgIpc) is 2.19. The summed E-state index contributed by atoms with van der Waals surface area (Å²) in [5.74, 6) is 2.04. The van der Waals surface area contributed by atoms with Crippen LogP contribution in [-0.2, 0) is 0 Å². The van der Waals surface area contributed by atoms with E-state index in [9.17, 15) is 9.59 Å². The van der Waals surface area contributed by atoms with E-state index >= 15 is 0 Å². The number of rotatable bonds is 3. The van der Waals surface area contributed by atoms with Crippen LogP contribution in [0.2, 0.25) is 0 Å². The summed E-state index contributed by atoms with van der Waals surface area (Å²) in [5, 5.41) is 2.55. The van der Waals surface area contributed by atoms with Gasteiger partial charge < -0.3 is 10.3 Å². The Balaban J connectivity index is 2.58. The molecule has 1 aromatic heterocycles. The van der Waals surface area contributed by atoms with Gasteiger partial charge >= 0.3 is 0 Å². The van der Waals surface area contributed by atoms with E-state index in [1.807, 2.05) is 0 Å². The Hall–Kier alpha value is -2.09. The fourth-order valence-corrected chi connectivity index (χ4v) is 0.805. The molecule has 5 heteroatoms. The molecular weight excluding hydrogens is 182 g/mol. The van der Waals surface area contributed by atoms with Gasteiger partial charge in [0.15, 0.2) is 0 Å². The molecule has 0 saturated carbocycles. The number of hydrogen-bond acceptors (Lipinski definition) is 3. The van der Waals surface area contributed by atoms with Crippen LogP contribution in [0, 0.1) is 12.3 Å². The van der Waals surface area contributed by atoms with E-state index in [-0.39, 0.29) is 17.2 Å². The first-order valence-electron chi connectivity index (χ1n) is 4.00. The van der Waals surface area contributed by atoms with Crippen LogP contribution in [0.3, 0.4) is 0 Å². The number of carbonyl (C=O) groups excluding carboxylic acids is 1. The third-order valence-electron chi connectivity index (χ3n) is 1.46. The van der Waals surface area contributed by atoms with Crippen molar-refractivity contribution in [3.8, 4) is 12.3 Å². The average molecular weight is 191 g/mol. The fourth-order valence-electron chi connectivity index (χ4n) is 0.805. The molecule has 0 unspecified atom stereocenters. The Bertz CT molecular complexity index is 396. The third-order valence-corrected chi connectivity index (χ3v) is 1.46. The molecule has 5 nitrogen and oxygen atoms in total. The Morgan fingerprint density at radius 2 is 2.50 bits per heavy atom. The monoisotopic (exact) mass is 191 g/mol. The molecule has 0 bridgehead atoms. The summed E-state index contributed by atoms with van der Waals surface area (Å²) < 4.78 is 0. The van der Waals surface area contributed by atoms with E-state index in [1.165, 1.54) is 6.20 Å². The van der Waals surface area contributed by atoms with Crippen molar-refractivity contribution in [2.24, 2.45) is 0 Å². The first kappa shape index (κ1) is 9.99. The minimum atomic E-state index is -0.350. The summed E-state index contributed by atoms with van der Waals surface area (Å²) >= 11 is 0. The van der Waals surface area contributed by atoms with E-state index in [1.54, 1.807) is 0 Å². The molecule has 1 rings (SSSR count). The molecule has 0 fully saturated rings. The molecule has 1 heterocycles. The van der Waals surface area contributed by atoms with Crippen LogP contribution in [0.15, 0.2) is 17.2 Å². The van der Waals surface area contributed by atoms with Gasteiger partial charge in [0.1, 0.15) is 5.69 Å². The number of hydrogen-bond donors (Lipinski definition) is 2. The molecule has 0 aliphatic carbocycles. The zero-order valence-electron chi connectivity index (χ0n) is 7.41. The van der Waals surface area contributed by atoms with Crippen molar-refractivity contribution in [3.63, 3.8) is 0 Å². The van der Waals surface area contributed by atoms with Crippen molar-refractivity contribution in [1.29, 1.82) is 0 Å². The molecule has 0 spiro atoms. The lowest BCUT2D eigenvalue weighted by Crippen LogP contribution is -2.26. The normalized spacial score (nSPS) is 9.07. The lowest BCUT2D eigenvalue weighted by atomic mass is 10.4. The van der Waals surface area contributed by atoms with Gasteiger partial charge in [0.2, 0.25) is 0 Å². The minimum absolute atomic E-state index is 0.168. The van der Waals surface area contributed by atoms with Crippen LogP contribution in [0.25, 0.3) is 0 Å². The molecule has 1 aromatic rings. The SMILES string of the molecule is C#CCCNC(=O)c1c[nH]c(=O)cn1. The van der Waals surface area contributed by atoms with Crippen molar-refractivity contribution in [3.05, 3.63) is 28.4 Å². The molecule has 0 aliphatic heterocycles. The van der Waals surface area contributed by atoms with Gasteiger partial charge in [-0.05, 0) is 0 Å². The minimum Gasteiger partial charge on any atom is -0.350 e. The van der Waals surface area contributed by atoms with Gasteiger partial charge in [0.05, 0.1) is 6.20 Å². The fraction of sp³-hybridized carbons (Fsp3) is 0.222. The Labute approximate surface area is 80.6 Å². The Morgan fingerprint density at radius 3 is 3.07 bits per heavy atom. The van der Waals surface area contributed by atoms with Crippen LogP contribution < -0.4 is 10.9 Å². The van der Waals surface area contributed by atoms with Crippen molar-refractivity contribution in [2.45, 2.75) is 6.42 Å². The van der Waals surface area contributed by atoms with E-state index in [2.05, 4.69) is 21.2 Å². The quantitative estimate of drug-likeness (QED) is 0.500. The summed E-state index contributed by atoms with van der Waals surface area (Å²) in [6, 6.07) is 0. The summed E-state index contributed by atoms with van der Waals surface area (Å²) in [6.45, 7) is 0.399. The second kappa shape index (κ2) is 4.82. The maximum Gasteiger partial charge on any atom is 0.271 e. The Morgan fingerprint density at radius 1 is 1.71 bits per heavy atom. The molecule has 0 saturated heterocycles. The van der Waals surface area contributed by atoms with Crippen LogP contribution in [0.1, 0.15) is 16.9 Å².